The van der Waals surface area contributed by atoms with Crippen LogP contribution in [0.25, 0.3) is 22.2 Å². The zero-order chi connectivity index (χ0) is 16.5. The van der Waals surface area contributed by atoms with Gasteiger partial charge in [-0.25, -0.2) is 4.98 Å². The van der Waals surface area contributed by atoms with Gasteiger partial charge in [-0.2, -0.15) is 5.10 Å². The van der Waals surface area contributed by atoms with Crippen molar-refractivity contribution in [2.24, 2.45) is 5.92 Å². The van der Waals surface area contributed by atoms with Crippen LogP contribution in [-0.4, -0.2) is 31.0 Å². The van der Waals surface area contributed by atoms with E-state index in [9.17, 15) is 5.11 Å². The summed E-state index contributed by atoms with van der Waals surface area (Å²) in [5, 5.41) is 14.6. The number of halogens is 1. The molecule has 4 rings (SSSR count). The fourth-order valence-electron chi connectivity index (χ4n) is 3.34. The molecule has 3 heterocycles. The smallest absolute Gasteiger partial charge is 0.129 e. The minimum Gasteiger partial charge on any atom is -0.393 e. The lowest BCUT2D eigenvalue weighted by Crippen LogP contribution is -2.21. The Labute approximate surface area is 145 Å². The first-order chi connectivity index (χ1) is 11.7. The SMILES string of the molecule is OC1CCC(Cn2cc(-c3cnc4ccc(Cl)nc4c3)cn2)CC1. The minimum absolute atomic E-state index is 0.113. The van der Waals surface area contributed by atoms with Gasteiger partial charge in [-0.05, 0) is 49.8 Å². The summed E-state index contributed by atoms with van der Waals surface area (Å²) < 4.78 is 1.99. The fraction of sp³-hybridized carbons (Fsp3) is 0.389. The zero-order valence-electron chi connectivity index (χ0n) is 13.3. The summed E-state index contributed by atoms with van der Waals surface area (Å²) in [5.74, 6) is 0.594. The van der Waals surface area contributed by atoms with Crippen LogP contribution in [0.4, 0.5) is 0 Å². The van der Waals surface area contributed by atoms with E-state index < -0.39 is 0 Å². The molecule has 0 amide bonds. The third-order valence-corrected chi connectivity index (χ3v) is 4.94. The van der Waals surface area contributed by atoms with Crippen LogP contribution < -0.4 is 0 Å². The Morgan fingerprint density at radius 3 is 2.75 bits per heavy atom. The summed E-state index contributed by atoms with van der Waals surface area (Å²) in [6.07, 6.45) is 9.59. The molecule has 1 N–H and O–H groups in total. The van der Waals surface area contributed by atoms with Gasteiger partial charge in [0.2, 0.25) is 0 Å². The minimum atomic E-state index is -0.113. The van der Waals surface area contributed by atoms with Crippen LogP contribution >= 0.6 is 11.6 Å². The molecule has 3 aromatic heterocycles. The predicted molar refractivity (Wildman–Crippen MR) is 93.7 cm³/mol. The first-order valence-corrected chi connectivity index (χ1v) is 8.68. The fourth-order valence-corrected chi connectivity index (χ4v) is 3.50. The maximum atomic E-state index is 9.61. The lowest BCUT2D eigenvalue weighted by atomic mass is 9.87. The average molecular weight is 343 g/mol. The molecule has 0 aliphatic heterocycles. The van der Waals surface area contributed by atoms with Gasteiger partial charge in [0.1, 0.15) is 5.15 Å². The molecule has 1 aliphatic rings. The lowest BCUT2D eigenvalue weighted by Gasteiger charge is -2.25. The normalized spacial score (nSPS) is 21.2. The highest BCUT2D eigenvalue weighted by Crippen LogP contribution is 2.27. The third-order valence-electron chi connectivity index (χ3n) is 4.73. The number of aliphatic hydroxyl groups excluding tert-OH is 1. The molecule has 0 saturated heterocycles. The summed E-state index contributed by atoms with van der Waals surface area (Å²) in [6.45, 7) is 0.901. The van der Waals surface area contributed by atoms with Gasteiger partial charge >= 0.3 is 0 Å². The monoisotopic (exact) mass is 342 g/mol. The van der Waals surface area contributed by atoms with Gasteiger partial charge in [-0.15, -0.1) is 0 Å². The number of aromatic nitrogens is 4. The van der Waals surface area contributed by atoms with E-state index in [2.05, 4.69) is 21.3 Å². The number of pyridine rings is 2. The number of hydrogen-bond acceptors (Lipinski definition) is 4. The Morgan fingerprint density at radius 1 is 1.08 bits per heavy atom. The van der Waals surface area contributed by atoms with Gasteiger partial charge in [0.15, 0.2) is 0 Å². The topological polar surface area (TPSA) is 63.8 Å². The van der Waals surface area contributed by atoms with Gasteiger partial charge in [0, 0.05) is 30.1 Å². The van der Waals surface area contributed by atoms with Crippen molar-refractivity contribution in [2.45, 2.75) is 38.3 Å². The van der Waals surface area contributed by atoms with E-state index in [1.807, 2.05) is 29.2 Å². The first kappa shape index (κ1) is 15.5. The van der Waals surface area contributed by atoms with Gasteiger partial charge in [0.05, 0.1) is 23.3 Å². The van der Waals surface area contributed by atoms with E-state index in [-0.39, 0.29) is 6.10 Å². The van der Waals surface area contributed by atoms with Crippen LogP contribution in [0, 0.1) is 5.92 Å². The van der Waals surface area contributed by atoms with Gasteiger partial charge < -0.3 is 5.11 Å². The van der Waals surface area contributed by atoms with Crippen LogP contribution in [0.5, 0.6) is 0 Å². The molecular weight excluding hydrogens is 324 g/mol. The second kappa shape index (κ2) is 6.49. The maximum absolute atomic E-state index is 9.61. The highest BCUT2D eigenvalue weighted by molar-refractivity contribution is 6.29. The second-order valence-electron chi connectivity index (χ2n) is 6.52. The molecule has 1 saturated carbocycles. The lowest BCUT2D eigenvalue weighted by molar-refractivity contribution is 0.103. The molecule has 5 nitrogen and oxygen atoms in total. The molecule has 0 spiro atoms. The molecule has 1 aliphatic carbocycles. The predicted octanol–water partition coefficient (Wildman–Crippen LogP) is 3.70. The van der Waals surface area contributed by atoms with Gasteiger partial charge in [0.25, 0.3) is 0 Å². The Hall–Kier alpha value is -1.98. The summed E-state index contributed by atoms with van der Waals surface area (Å²) in [6, 6.07) is 5.61. The van der Waals surface area contributed by atoms with E-state index in [1.54, 1.807) is 6.07 Å². The van der Waals surface area contributed by atoms with E-state index in [1.165, 1.54) is 0 Å². The highest BCUT2D eigenvalue weighted by atomic mass is 35.5. The van der Waals surface area contributed by atoms with Crippen LogP contribution in [-0.2, 0) is 6.54 Å². The van der Waals surface area contributed by atoms with Crippen LogP contribution in [0.3, 0.4) is 0 Å². The number of hydrogen-bond donors (Lipinski definition) is 1. The van der Waals surface area contributed by atoms with E-state index >= 15 is 0 Å². The van der Waals surface area contributed by atoms with Crippen molar-refractivity contribution in [1.29, 1.82) is 0 Å². The first-order valence-electron chi connectivity index (χ1n) is 8.30. The number of fused-ring (bicyclic) bond motifs is 1. The van der Waals surface area contributed by atoms with Crippen molar-refractivity contribution in [3.8, 4) is 11.1 Å². The molecule has 0 radical (unpaired) electrons. The van der Waals surface area contributed by atoms with E-state index in [0.29, 0.717) is 11.1 Å². The molecule has 1 fully saturated rings. The maximum Gasteiger partial charge on any atom is 0.129 e. The van der Waals surface area contributed by atoms with Crippen molar-refractivity contribution in [3.05, 3.63) is 41.9 Å². The Morgan fingerprint density at radius 2 is 1.92 bits per heavy atom. The van der Waals surface area contributed by atoms with E-state index in [4.69, 9.17) is 11.6 Å². The number of aliphatic hydroxyl groups is 1. The van der Waals surface area contributed by atoms with Gasteiger partial charge in [-0.1, -0.05) is 11.6 Å². The van der Waals surface area contributed by atoms with Crippen LogP contribution in [0.1, 0.15) is 25.7 Å². The Kier molecular flexibility index (Phi) is 4.21. The van der Waals surface area contributed by atoms with Crippen molar-refractivity contribution in [2.75, 3.05) is 0 Å². The molecule has 0 aromatic carbocycles. The molecule has 0 atom stereocenters. The molecule has 124 valence electrons. The zero-order valence-corrected chi connectivity index (χ0v) is 14.0. The summed E-state index contributed by atoms with van der Waals surface area (Å²) in [5.41, 5.74) is 3.63. The second-order valence-corrected chi connectivity index (χ2v) is 6.91. The summed E-state index contributed by atoms with van der Waals surface area (Å²) >= 11 is 5.97. The quantitative estimate of drug-likeness (QED) is 0.737. The highest BCUT2D eigenvalue weighted by Gasteiger charge is 2.20. The molecule has 0 bridgehead atoms. The molecule has 6 heteroatoms. The van der Waals surface area contributed by atoms with Crippen molar-refractivity contribution >= 4 is 22.6 Å². The molecule has 24 heavy (non-hydrogen) atoms. The largest absolute Gasteiger partial charge is 0.393 e. The van der Waals surface area contributed by atoms with E-state index in [0.717, 1.165) is 54.4 Å². The molecule has 0 unspecified atom stereocenters. The Bertz CT molecular complexity index is 855. The number of rotatable bonds is 3. The molecule has 3 aromatic rings. The summed E-state index contributed by atoms with van der Waals surface area (Å²) in [4.78, 5) is 8.77. The van der Waals surface area contributed by atoms with Crippen molar-refractivity contribution in [1.82, 2.24) is 19.7 Å². The van der Waals surface area contributed by atoms with Crippen LogP contribution in [0.15, 0.2) is 36.8 Å². The Balaban J connectivity index is 1.54. The molecular formula is C18H19ClN4O. The third kappa shape index (κ3) is 3.28. The van der Waals surface area contributed by atoms with Crippen molar-refractivity contribution < 1.29 is 5.11 Å². The van der Waals surface area contributed by atoms with Crippen LogP contribution in [0.2, 0.25) is 5.15 Å². The average Bonchev–Trinajstić information content (AvgIpc) is 3.05. The standard InChI is InChI=1S/C18H19ClN4O/c19-18-6-5-16-17(22-18)7-13(8-20-16)14-9-21-23(11-14)10-12-1-3-15(24)4-2-12/h5-9,11-12,15,24H,1-4,10H2. The van der Waals surface area contributed by atoms with Crippen molar-refractivity contribution in [3.63, 3.8) is 0 Å². The van der Waals surface area contributed by atoms with Gasteiger partial charge in [-0.3, -0.25) is 9.67 Å². The summed E-state index contributed by atoms with van der Waals surface area (Å²) in [7, 11) is 0. The number of nitrogens with zero attached hydrogens (tertiary/aromatic N) is 4.